The fourth-order valence-electron chi connectivity index (χ4n) is 10.4. The molecular formula is C47H41NO. The normalized spacial score (nSPS) is 21.5. The number of ketones is 1. The maximum atomic E-state index is 14.1. The van der Waals surface area contributed by atoms with Crippen molar-refractivity contribution in [1.82, 2.24) is 4.90 Å². The second-order valence-corrected chi connectivity index (χ2v) is 14.4. The van der Waals surface area contributed by atoms with Crippen molar-refractivity contribution in [2.75, 3.05) is 6.54 Å². The minimum absolute atomic E-state index is 0.0315. The Balaban J connectivity index is 1.41. The maximum absolute atomic E-state index is 14.1. The summed E-state index contributed by atoms with van der Waals surface area (Å²) in [6.07, 6.45) is 2.78. The molecule has 2 nitrogen and oxygen atoms in total. The molecule has 0 radical (unpaired) electrons. The van der Waals surface area contributed by atoms with Crippen LogP contribution in [0.15, 0.2) is 152 Å². The van der Waals surface area contributed by atoms with Crippen LogP contribution in [0.2, 0.25) is 0 Å². The van der Waals surface area contributed by atoms with Gasteiger partial charge in [0.2, 0.25) is 0 Å². The zero-order valence-corrected chi connectivity index (χ0v) is 28.3. The summed E-state index contributed by atoms with van der Waals surface area (Å²) in [7, 11) is 0. The first-order chi connectivity index (χ1) is 24.0. The number of carbonyl (C=O) groups excluding carboxylic acids is 1. The summed E-state index contributed by atoms with van der Waals surface area (Å²) in [5, 5.41) is 0. The molecule has 1 unspecified atom stereocenters. The zero-order chi connectivity index (χ0) is 33.2. The van der Waals surface area contributed by atoms with Gasteiger partial charge in [0.05, 0.1) is 11.6 Å². The molecule has 0 amide bonds. The van der Waals surface area contributed by atoms with Crippen molar-refractivity contribution in [2.45, 2.75) is 50.1 Å². The fraction of sp³-hybridized carbons (Fsp3) is 0.213. The van der Waals surface area contributed by atoms with E-state index >= 15 is 0 Å². The van der Waals surface area contributed by atoms with Crippen LogP contribution in [0.1, 0.15) is 48.1 Å². The molecule has 49 heavy (non-hydrogen) atoms. The van der Waals surface area contributed by atoms with Gasteiger partial charge >= 0.3 is 0 Å². The molecule has 1 aliphatic carbocycles. The van der Waals surface area contributed by atoms with Crippen molar-refractivity contribution in [3.05, 3.63) is 179 Å². The highest BCUT2D eigenvalue weighted by molar-refractivity contribution is 5.91. The van der Waals surface area contributed by atoms with E-state index in [1.165, 1.54) is 61.2 Å². The lowest BCUT2D eigenvalue weighted by Crippen LogP contribution is -2.58. The van der Waals surface area contributed by atoms with Gasteiger partial charge in [-0.2, -0.15) is 0 Å². The molecule has 3 atom stereocenters. The van der Waals surface area contributed by atoms with Gasteiger partial charge in [-0.25, -0.2) is 0 Å². The molecule has 6 aromatic rings. The lowest BCUT2D eigenvalue weighted by molar-refractivity contribution is -0.123. The summed E-state index contributed by atoms with van der Waals surface area (Å²) in [6, 6.07) is 55.8. The van der Waals surface area contributed by atoms with Crippen LogP contribution in [0.4, 0.5) is 0 Å². The Morgan fingerprint density at radius 3 is 1.73 bits per heavy atom. The van der Waals surface area contributed by atoms with Crippen LogP contribution in [0.25, 0.3) is 33.4 Å². The predicted octanol–water partition coefficient (Wildman–Crippen LogP) is 10.3. The number of nitrogens with zero attached hydrogens (tertiary/aromatic N) is 1. The van der Waals surface area contributed by atoms with E-state index in [0.29, 0.717) is 0 Å². The Bertz CT molecular complexity index is 2100. The Hall–Kier alpha value is -5.05. The molecule has 1 fully saturated rings. The standard InChI is InChI=1S/C47H41NO/c1-32-45(33(2)49)48-29-27-37-20-12-13-21-42(37)46(48,28-26-34-14-6-3-7-15-34)47(32)43-30-38(35-16-8-4-9-17-35)22-24-40(43)41-25-23-39(31-44(41)47)36-18-10-5-11-19-36/h3-25,30-32,45H,26-29H2,1-2H3/t32-,45?,46-/m1/s1. The van der Waals surface area contributed by atoms with E-state index in [2.05, 4.69) is 163 Å². The second kappa shape index (κ2) is 11.5. The Kier molecular flexibility index (Phi) is 7.07. The third-order valence-electron chi connectivity index (χ3n) is 12.1. The van der Waals surface area contributed by atoms with Crippen LogP contribution < -0.4 is 0 Å². The average molecular weight is 636 g/mol. The maximum Gasteiger partial charge on any atom is 0.147 e. The van der Waals surface area contributed by atoms with Gasteiger partial charge in [0.15, 0.2) is 0 Å². The summed E-state index contributed by atoms with van der Waals surface area (Å²) < 4.78 is 0. The van der Waals surface area contributed by atoms with Crippen molar-refractivity contribution in [3.8, 4) is 33.4 Å². The van der Waals surface area contributed by atoms with Crippen molar-refractivity contribution in [1.29, 1.82) is 0 Å². The number of fused-ring (bicyclic) bond motifs is 9. The average Bonchev–Trinajstić information content (AvgIpc) is 3.58. The van der Waals surface area contributed by atoms with Gasteiger partial charge in [-0.1, -0.05) is 146 Å². The number of rotatable bonds is 6. The van der Waals surface area contributed by atoms with Crippen LogP contribution in [0.5, 0.6) is 0 Å². The molecule has 6 aromatic carbocycles. The van der Waals surface area contributed by atoms with E-state index in [9.17, 15) is 4.79 Å². The van der Waals surface area contributed by atoms with Gasteiger partial charge in [-0.05, 0) is 105 Å². The van der Waals surface area contributed by atoms with Crippen LogP contribution in [0.3, 0.4) is 0 Å². The number of aryl methyl sites for hydroxylation is 1. The molecule has 1 saturated heterocycles. The van der Waals surface area contributed by atoms with Gasteiger partial charge in [0.25, 0.3) is 0 Å². The second-order valence-electron chi connectivity index (χ2n) is 14.4. The molecule has 240 valence electrons. The van der Waals surface area contributed by atoms with Crippen molar-refractivity contribution < 1.29 is 4.79 Å². The molecule has 2 aliphatic heterocycles. The summed E-state index contributed by atoms with van der Waals surface area (Å²) in [6.45, 7) is 5.09. The van der Waals surface area contributed by atoms with Crippen molar-refractivity contribution in [3.63, 3.8) is 0 Å². The van der Waals surface area contributed by atoms with Crippen LogP contribution >= 0.6 is 0 Å². The van der Waals surface area contributed by atoms with Crippen LogP contribution in [0, 0.1) is 5.92 Å². The molecule has 0 bridgehead atoms. The quantitative estimate of drug-likeness (QED) is 0.182. The smallest absolute Gasteiger partial charge is 0.147 e. The zero-order valence-electron chi connectivity index (χ0n) is 28.3. The lowest BCUT2D eigenvalue weighted by Gasteiger charge is -2.54. The van der Waals surface area contributed by atoms with Crippen LogP contribution in [-0.4, -0.2) is 23.3 Å². The summed E-state index contributed by atoms with van der Waals surface area (Å²) in [4.78, 5) is 16.8. The van der Waals surface area contributed by atoms with Gasteiger partial charge in [0, 0.05) is 12.0 Å². The van der Waals surface area contributed by atoms with E-state index in [-0.39, 0.29) is 17.7 Å². The van der Waals surface area contributed by atoms with Crippen LogP contribution in [-0.2, 0) is 28.6 Å². The molecule has 2 heterocycles. The Morgan fingerprint density at radius 2 is 1.16 bits per heavy atom. The van der Waals surface area contributed by atoms with E-state index in [4.69, 9.17) is 0 Å². The number of benzene rings is 6. The third-order valence-corrected chi connectivity index (χ3v) is 12.1. The molecular weight excluding hydrogens is 595 g/mol. The first-order valence-electron chi connectivity index (χ1n) is 17.8. The minimum Gasteiger partial charge on any atom is -0.298 e. The molecule has 0 aromatic heterocycles. The highest BCUT2D eigenvalue weighted by Crippen LogP contribution is 2.70. The molecule has 3 aliphatic rings. The predicted molar refractivity (Wildman–Crippen MR) is 200 cm³/mol. The molecule has 1 spiro atoms. The summed E-state index contributed by atoms with van der Waals surface area (Å²) in [5.74, 6) is 0.297. The highest BCUT2D eigenvalue weighted by Gasteiger charge is 2.72. The number of Topliss-reactive ketones (excluding diaryl/α,β-unsaturated/α-hetero) is 1. The number of carbonyl (C=O) groups is 1. The van der Waals surface area contributed by atoms with Crippen molar-refractivity contribution >= 4 is 5.78 Å². The Morgan fingerprint density at radius 1 is 0.633 bits per heavy atom. The third kappa shape index (κ3) is 4.26. The van der Waals surface area contributed by atoms with Gasteiger partial charge in [-0.15, -0.1) is 0 Å². The first-order valence-corrected chi connectivity index (χ1v) is 17.8. The molecule has 0 saturated carbocycles. The molecule has 2 heteroatoms. The number of hydrogen-bond acceptors (Lipinski definition) is 2. The van der Waals surface area contributed by atoms with E-state index in [0.717, 1.165) is 25.8 Å². The van der Waals surface area contributed by atoms with Gasteiger partial charge in [-0.3, -0.25) is 9.69 Å². The minimum atomic E-state index is -0.477. The van der Waals surface area contributed by atoms with E-state index in [1.807, 2.05) is 6.92 Å². The number of hydrogen-bond donors (Lipinski definition) is 0. The van der Waals surface area contributed by atoms with Gasteiger partial charge in [0.1, 0.15) is 5.78 Å². The largest absolute Gasteiger partial charge is 0.298 e. The molecule has 0 N–H and O–H groups in total. The topological polar surface area (TPSA) is 20.3 Å². The first kappa shape index (κ1) is 30.0. The monoisotopic (exact) mass is 635 g/mol. The SMILES string of the molecule is CC(=O)C1[C@@H](C)C2(c3cc(-c4ccccc4)ccc3-c3ccc(-c4ccccc4)cc32)[C@@]2(CCc3ccccc3)c3ccccc3CCN12. The lowest BCUT2D eigenvalue weighted by atomic mass is 9.54. The van der Waals surface area contributed by atoms with E-state index in [1.54, 1.807) is 0 Å². The van der Waals surface area contributed by atoms with Crippen molar-refractivity contribution in [2.24, 2.45) is 5.92 Å². The van der Waals surface area contributed by atoms with E-state index < -0.39 is 11.0 Å². The highest BCUT2D eigenvalue weighted by atomic mass is 16.1. The van der Waals surface area contributed by atoms with Gasteiger partial charge < -0.3 is 0 Å². The summed E-state index contributed by atoms with van der Waals surface area (Å²) >= 11 is 0. The Labute approximate surface area is 290 Å². The summed E-state index contributed by atoms with van der Waals surface area (Å²) in [5.41, 5.74) is 13.4. The fourth-order valence-corrected chi connectivity index (χ4v) is 10.4. The molecule has 9 rings (SSSR count).